The van der Waals surface area contributed by atoms with Gasteiger partial charge in [-0.2, -0.15) is 0 Å². The Morgan fingerprint density at radius 3 is 2.19 bits per heavy atom. The summed E-state index contributed by atoms with van der Waals surface area (Å²) in [4.78, 5) is 0. The summed E-state index contributed by atoms with van der Waals surface area (Å²) in [5, 5.41) is 1.16. The lowest BCUT2D eigenvalue weighted by molar-refractivity contribution is 0.369. The van der Waals surface area contributed by atoms with E-state index in [1.165, 1.54) is 0 Å². The van der Waals surface area contributed by atoms with Crippen LogP contribution in [0.3, 0.4) is 0 Å². The van der Waals surface area contributed by atoms with Crippen molar-refractivity contribution in [2.45, 2.75) is 34.6 Å². The van der Waals surface area contributed by atoms with Gasteiger partial charge < -0.3 is 0 Å². The third-order valence-electron chi connectivity index (χ3n) is 3.55. The molecule has 0 aromatic carbocycles. The van der Waals surface area contributed by atoms with Gasteiger partial charge in [-0.25, -0.2) is 4.39 Å². The lowest BCUT2D eigenvalue weighted by atomic mass is 9.78. The predicted molar refractivity (Wildman–Crippen MR) is 72.9 cm³/mol. The van der Waals surface area contributed by atoms with Crippen LogP contribution in [0.5, 0.6) is 0 Å². The fourth-order valence-electron chi connectivity index (χ4n) is 1.78. The minimum Gasteiger partial charge on any atom is -0.207 e. The monoisotopic (exact) mass is 240 g/mol. The Morgan fingerprint density at radius 1 is 1.19 bits per heavy atom. The van der Waals surface area contributed by atoms with Gasteiger partial charge in [-0.05, 0) is 34.9 Å². The standard InChI is InChI=1S/C14H22FP/c1-9(2)11-6-12(15)8-14(5,10(3)4)13(16)7-11/h6-10H,16H2,1-5H3. The Hall–Kier alpha value is -0.420. The van der Waals surface area contributed by atoms with Crippen molar-refractivity contribution in [1.29, 1.82) is 0 Å². The van der Waals surface area contributed by atoms with Crippen molar-refractivity contribution in [1.82, 2.24) is 0 Å². The lowest BCUT2D eigenvalue weighted by Gasteiger charge is -2.31. The van der Waals surface area contributed by atoms with Gasteiger partial charge in [0.2, 0.25) is 0 Å². The van der Waals surface area contributed by atoms with E-state index in [2.05, 4.69) is 49.9 Å². The second kappa shape index (κ2) is 4.84. The number of allylic oxidation sites excluding steroid dienone is 6. The van der Waals surface area contributed by atoms with Crippen molar-refractivity contribution in [2.75, 3.05) is 0 Å². The van der Waals surface area contributed by atoms with Crippen LogP contribution in [0.2, 0.25) is 0 Å². The van der Waals surface area contributed by atoms with Gasteiger partial charge in [0.15, 0.2) is 0 Å². The molecular weight excluding hydrogens is 218 g/mol. The molecule has 0 saturated heterocycles. The van der Waals surface area contributed by atoms with Crippen LogP contribution in [0.4, 0.5) is 4.39 Å². The van der Waals surface area contributed by atoms with E-state index in [9.17, 15) is 4.39 Å². The molecule has 90 valence electrons. The summed E-state index contributed by atoms with van der Waals surface area (Å²) in [5.41, 5.74) is 0.852. The van der Waals surface area contributed by atoms with E-state index in [-0.39, 0.29) is 11.2 Å². The summed E-state index contributed by atoms with van der Waals surface area (Å²) in [6.07, 6.45) is 5.51. The first kappa shape index (κ1) is 13.6. The van der Waals surface area contributed by atoms with Crippen molar-refractivity contribution in [3.63, 3.8) is 0 Å². The van der Waals surface area contributed by atoms with Crippen molar-refractivity contribution >= 4 is 9.24 Å². The van der Waals surface area contributed by atoms with Gasteiger partial charge in [0.05, 0.1) is 0 Å². The molecule has 0 amide bonds. The van der Waals surface area contributed by atoms with Gasteiger partial charge in [-0.3, -0.25) is 0 Å². The molecule has 2 atom stereocenters. The van der Waals surface area contributed by atoms with Crippen molar-refractivity contribution < 1.29 is 4.39 Å². The van der Waals surface area contributed by atoms with Crippen LogP contribution in [0.1, 0.15) is 34.6 Å². The molecule has 2 unspecified atom stereocenters. The summed E-state index contributed by atoms with van der Waals surface area (Å²) < 4.78 is 13.8. The molecule has 1 aliphatic rings. The topological polar surface area (TPSA) is 0 Å². The quantitative estimate of drug-likeness (QED) is 0.605. The van der Waals surface area contributed by atoms with E-state index in [1.54, 1.807) is 12.2 Å². The average molecular weight is 240 g/mol. The molecule has 0 aromatic rings. The Morgan fingerprint density at radius 2 is 1.75 bits per heavy atom. The second-order valence-electron chi connectivity index (χ2n) is 5.37. The fraction of sp³-hybridized carbons (Fsp3) is 0.571. The van der Waals surface area contributed by atoms with Gasteiger partial charge in [-0.15, -0.1) is 9.24 Å². The summed E-state index contributed by atoms with van der Waals surface area (Å²) in [6, 6.07) is 0. The molecule has 0 N–H and O–H groups in total. The van der Waals surface area contributed by atoms with E-state index in [0.29, 0.717) is 11.8 Å². The third-order valence-corrected chi connectivity index (χ3v) is 4.34. The molecule has 1 aliphatic carbocycles. The lowest BCUT2D eigenvalue weighted by Crippen LogP contribution is -2.21. The normalized spacial score (nSPS) is 26.4. The predicted octanol–water partition coefficient (Wildman–Crippen LogP) is 4.86. The van der Waals surface area contributed by atoms with E-state index in [1.807, 2.05) is 0 Å². The van der Waals surface area contributed by atoms with E-state index in [0.717, 1.165) is 10.9 Å². The van der Waals surface area contributed by atoms with Gasteiger partial charge in [0.25, 0.3) is 0 Å². The highest BCUT2D eigenvalue weighted by Crippen LogP contribution is 2.44. The molecule has 0 aromatic heterocycles. The van der Waals surface area contributed by atoms with Gasteiger partial charge in [0, 0.05) is 5.41 Å². The Kier molecular flexibility index (Phi) is 4.12. The van der Waals surface area contributed by atoms with Crippen LogP contribution in [-0.2, 0) is 0 Å². The van der Waals surface area contributed by atoms with Gasteiger partial charge >= 0.3 is 0 Å². The van der Waals surface area contributed by atoms with Crippen LogP contribution < -0.4 is 0 Å². The summed E-state index contributed by atoms with van der Waals surface area (Å²) in [6.45, 7) is 10.5. The van der Waals surface area contributed by atoms with Crippen molar-refractivity contribution in [2.24, 2.45) is 17.3 Å². The first-order valence-electron chi connectivity index (χ1n) is 5.85. The SMILES string of the molecule is CC(C)C1=CC(F)=CC(C)(C(C)C)C(P)=C1. The molecule has 0 heterocycles. The highest BCUT2D eigenvalue weighted by Gasteiger charge is 2.30. The zero-order chi connectivity index (χ0) is 12.5. The molecule has 0 spiro atoms. The minimum absolute atomic E-state index is 0.117. The van der Waals surface area contributed by atoms with Gasteiger partial charge in [-0.1, -0.05) is 40.7 Å². The Labute approximate surface area is 101 Å². The second-order valence-corrected chi connectivity index (χ2v) is 5.99. The van der Waals surface area contributed by atoms with Crippen LogP contribution in [0.15, 0.2) is 34.9 Å². The molecule has 0 bridgehead atoms. The van der Waals surface area contributed by atoms with Gasteiger partial charge in [0.1, 0.15) is 5.83 Å². The molecule has 2 heteroatoms. The molecular formula is C14H22FP. The smallest absolute Gasteiger partial charge is 0.120 e. The maximum atomic E-state index is 13.8. The molecule has 0 nitrogen and oxygen atoms in total. The highest BCUT2D eigenvalue weighted by molar-refractivity contribution is 7.22. The molecule has 0 saturated carbocycles. The fourth-order valence-corrected chi connectivity index (χ4v) is 2.39. The third kappa shape index (κ3) is 2.63. The maximum absolute atomic E-state index is 13.8. The molecule has 16 heavy (non-hydrogen) atoms. The van der Waals surface area contributed by atoms with Crippen LogP contribution in [-0.4, -0.2) is 0 Å². The summed E-state index contributed by atoms with van der Waals surface area (Å²) in [5.74, 6) is 0.611. The highest BCUT2D eigenvalue weighted by atomic mass is 31.0. The van der Waals surface area contributed by atoms with E-state index >= 15 is 0 Å². The van der Waals surface area contributed by atoms with Crippen LogP contribution >= 0.6 is 9.24 Å². The number of hydrogen-bond donors (Lipinski definition) is 0. The van der Waals surface area contributed by atoms with E-state index in [4.69, 9.17) is 0 Å². The average Bonchev–Trinajstić information content (AvgIpc) is 2.25. The zero-order valence-corrected chi connectivity index (χ0v) is 12.0. The van der Waals surface area contributed by atoms with Crippen LogP contribution in [0, 0.1) is 17.3 Å². The number of halogens is 1. The Bertz CT molecular complexity index is 361. The van der Waals surface area contributed by atoms with Crippen molar-refractivity contribution in [3.8, 4) is 0 Å². The van der Waals surface area contributed by atoms with Crippen LogP contribution in [0.25, 0.3) is 0 Å². The number of rotatable bonds is 2. The Balaban J connectivity index is 3.26. The van der Waals surface area contributed by atoms with Crippen molar-refractivity contribution in [3.05, 3.63) is 34.9 Å². The maximum Gasteiger partial charge on any atom is 0.120 e. The van der Waals surface area contributed by atoms with E-state index < -0.39 is 0 Å². The summed E-state index contributed by atoms with van der Waals surface area (Å²) in [7, 11) is 2.77. The molecule has 0 radical (unpaired) electrons. The zero-order valence-electron chi connectivity index (χ0n) is 10.8. The first-order chi connectivity index (χ1) is 7.27. The molecule has 1 rings (SSSR count). The molecule has 0 fully saturated rings. The largest absolute Gasteiger partial charge is 0.207 e. The first-order valence-corrected chi connectivity index (χ1v) is 6.42. The minimum atomic E-state index is -0.206. The summed E-state index contributed by atoms with van der Waals surface area (Å²) >= 11 is 0. The number of hydrogen-bond acceptors (Lipinski definition) is 0. The molecule has 0 aliphatic heterocycles.